The van der Waals surface area contributed by atoms with Gasteiger partial charge in [-0.2, -0.15) is 0 Å². The molecular weight excluding hydrogens is 307 g/mol. The van der Waals surface area contributed by atoms with Gasteiger partial charge in [0.15, 0.2) is 0 Å². The highest BCUT2D eigenvalue weighted by Crippen LogP contribution is 2.34. The number of hydrogen-bond donors (Lipinski definition) is 2. The number of benzene rings is 2. The van der Waals surface area contributed by atoms with E-state index in [1.807, 2.05) is 43.3 Å². The van der Waals surface area contributed by atoms with E-state index in [2.05, 4.69) is 0 Å². The number of aryl methyl sites for hydroxylation is 1. The van der Waals surface area contributed by atoms with Crippen LogP contribution >= 0.6 is 23.2 Å². The van der Waals surface area contributed by atoms with E-state index >= 15 is 0 Å². The molecule has 112 valence electrons. The fraction of sp³-hybridized carbons (Fsp3) is 0.294. The van der Waals surface area contributed by atoms with Crippen molar-refractivity contribution in [2.45, 2.75) is 18.8 Å². The van der Waals surface area contributed by atoms with Crippen molar-refractivity contribution < 1.29 is 10.2 Å². The topological polar surface area (TPSA) is 40.5 Å². The molecule has 0 atom stereocenters. The minimum Gasteiger partial charge on any atom is -0.395 e. The van der Waals surface area contributed by atoms with E-state index in [9.17, 15) is 10.2 Å². The van der Waals surface area contributed by atoms with Crippen LogP contribution in [0.4, 0.5) is 0 Å². The van der Waals surface area contributed by atoms with Gasteiger partial charge >= 0.3 is 0 Å². The Bertz CT molecular complexity index is 622. The Morgan fingerprint density at radius 1 is 0.952 bits per heavy atom. The third-order valence-electron chi connectivity index (χ3n) is 3.88. The number of halogens is 2. The molecule has 2 aromatic rings. The molecule has 0 amide bonds. The normalized spacial score (nSPS) is 11.7. The zero-order valence-electron chi connectivity index (χ0n) is 11.8. The lowest BCUT2D eigenvalue weighted by Gasteiger charge is -2.32. The summed E-state index contributed by atoms with van der Waals surface area (Å²) < 4.78 is 0. The average Bonchev–Trinajstić information content (AvgIpc) is 2.50. The molecule has 2 nitrogen and oxygen atoms in total. The van der Waals surface area contributed by atoms with Gasteiger partial charge in [-0.1, -0.05) is 59.6 Å². The molecule has 0 aromatic heterocycles. The summed E-state index contributed by atoms with van der Waals surface area (Å²) in [4.78, 5) is 0. The fourth-order valence-corrected chi connectivity index (χ4v) is 3.03. The predicted octanol–water partition coefficient (Wildman–Crippen LogP) is 3.77. The van der Waals surface area contributed by atoms with Gasteiger partial charge in [-0.05, 0) is 36.1 Å². The maximum absolute atomic E-state index is 9.94. The second-order valence-corrected chi connectivity index (χ2v) is 6.09. The van der Waals surface area contributed by atoms with Crippen LogP contribution in [0.3, 0.4) is 0 Å². The third kappa shape index (κ3) is 3.24. The van der Waals surface area contributed by atoms with E-state index in [-0.39, 0.29) is 13.2 Å². The molecule has 0 saturated heterocycles. The van der Waals surface area contributed by atoms with Crippen LogP contribution in [-0.4, -0.2) is 23.4 Å². The van der Waals surface area contributed by atoms with E-state index in [0.29, 0.717) is 16.5 Å². The molecule has 2 aromatic carbocycles. The molecule has 0 aliphatic heterocycles. The minimum absolute atomic E-state index is 0.169. The Labute approximate surface area is 135 Å². The summed E-state index contributed by atoms with van der Waals surface area (Å²) in [7, 11) is 0. The third-order valence-corrected chi connectivity index (χ3v) is 4.74. The molecule has 4 heteroatoms. The molecule has 0 radical (unpaired) electrons. The van der Waals surface area contributed by atoms with Crippen molar-refractivity contribution in [3.8, 4) is 0 Å². The lowest BCUT2D eigenvalue weighted by Crippen LogP contribution is -2.38. The van der Waals surface area contributed by atoms with Gasteiger partial charge in [0.25, 0.3) is 0 Å². The van der Waals surface area contributed by atoms with Crippen molar-refractivity contribution in [3.63, 3.8) is 0 Å². The molecule has 0 fully saturated rings. The summed E-state index contributed by atoms with van der Waals surface area (Å²) in [6.07, 6.45) is 0.421. The minimum atomic E-state index is -0.778. The second-order valence-electron chi connectivity index (χ2n) is 5.30. The van der Waals surface area contributed by atoms with E-state index in [4.69, 9.17) is 23.2 Å². The van der Waals surface area contributed by atoms with Crippen molar-refractivity contribution in [2.24, 2.45) is 0 Å². The summed E-state index contributed by atoms with van der Waals surface area (Å²) in [5.74, 6) is 0. The number of hydrogen-bond acceptors (Lipinski definition) is 2. The SMILES string of the molecule is Cc1ccccc1C(CO)(CO)Cc1cccc(Cl)c1Cl. The van der Waals surface area contributed by atoms with Crippen molar-refractivity contribution in [2.75, 3.05) is 13.2 Å². The summed E-state index contributed by atoms with van der Waals surface area (Å²) in [6.45, 7) is 1.63. The average molecular weight is 325 g/mol. The smallest absolute Gasteiger partial charge is 0.0624 e. The van der Waals surface area contributed by atoms with Crippen LogP contribution in [0.15, 0.2) is 42.5 Å². The van der Waals surface area contributed by atoms with Gasteiger partial charge in [0.1, 0.15) is 0 Å². The Balaban J connectivity index is 2.49. The molecule has 0 unspecified atom stereocenters. The summed E-state index contributed by atoms with van der Waals surface area (Å²) in [5.41, 5.74) is 1.99. The lowest BCUT2D eigenvalue weighted by atomic mass is 9.75. The van der Waals surface area contributed by atoms with Crippen LogP contribution in [0.2, 0.25) is 10.0 Å². The van der Waals surface area contributed by atoms with Crippen LogP contribution in [0, 0.1) is 6.92 Å². The Kier molecular flexibility index (Phi) is 5.28. The molecular formula is C17H18Cl2O2. The monoisotopic (exact) mass is 324 g/mol. The van der Waals surface area contributed by atoms with E-state index in [1.54, 1.807) is 6.07 Å². The van der Waals surface area contributed by atoms with Gasteiger partial charge < -0.3 is 10.2 Å². The first-order chi connectivity index (χ1) is 10.0. The quantitative estimate of drug-likeness (QED) is 0.879. The van der Waals surface area contributed by atoms with Crippen molar-refractivity contribution in [1.29, 1.82) is 0 Å². The number of aliphatic hydroxyl groups excluding tert-OH is 2. The van der Waals surface area contributed by atoms with E-state index < -0.39 is 5.41 Å². The van der Waals surface area contributed by atoms with Crippen LogP contribution in [0.25, 0.3) is 0 Å². The van der Waals surface area contributed by atoms with Crippen molar-refractivity contribution in [1.82, 2.24) is 0 Å². The molecule has 2 N–H and O–H groups in total. The van der Waals surface area contributed by atoms with E-state index in [0.717, 1.165) is 16.7 Å². The number of aliphatic hydroxyl groups is 2. The highest BCUT2D eigenvalue weighted by atomic mass is 35.5. The molecule has 0 aliphatic rings. The predicted molar refractivity (Wildman–Crippen MR) is 87.2 cm³/mol. The molecule has 0 aliphatic carbocycles. The largest absolute Gasteiger partial charge is 0.395 e. The van der Waals surface area contributed by atoms with Crippen LogP contribution < -0.4 is 0 Å². The van der Waals surface area contributed by atoms with Gasteiger partial charge in [0.05, 0.1) is 23.3 Å². The van der Waals surface area contributed by atoms with Crippen LogP contribution in [-0.2, 0) is 11.8 Å². The summed E-state index contributed by atoms with van der Waals surface area (Å²) in [6, 6.07) is 13.1. The van der Waals surface area contributed by atoms with Gasteiger partial charge in [0.2, 0.25) is 0 Å². The second kappa shape index (κ2) is 6.80. The van der Waals surface area contributed by atoms with Crippen LogP contribution in [0.1, 0.15) is 16.7 Å². The Morgan fingerprint density at radius 2 is 1.62 bits per heavy atom. The summed E-state index contributed by atoms with van der Waals surface area (Å²) in [5, 5.41) is 20.8. The van der Waals surface area contributed by atoms with Crippen LogP contribution in [0.5, 0.6) is 0 Å². The molecule has 0 saturated carbocycles. The molecule has 0 spiro atoms. The van der Waals surface area contributed by atoms with Gasteiger partial charge in [-0.3, -0.25) is 0 Å². The Hall–Kier alpha value is -1.06. The highest BCUT2D eigenvalue weighted by Gasteiger charge is 2.33. The first-order valence-electron chi connectivity index (χ1n) is 6.75. The summed E-state index contributed by atoms with van der Waals surface area (Å²) >= 11 is 12.3. The zero-order valence-corrected chi connectivity index (χ0v) is 13.3. The first-order valence-corrected chi connectivity index (χ1v) is 7.50. The van der Waals surface area contributed by atoms with Gasteiger partial charge in [-0.15, -0.1) is 0 Å². The molecule has 0 bridgehead atoms. The standard InChI is InChI=1S/C17H18Cl2O2/c1-12-5-2-3-7-14(12)17(10-20,11-21)9-13-6-4-8-15(18)16(13)19/h2-8,20-21H,9-11H2,1H3. The molecule has 2 rings (SSSR count). The lowest BCUT2D eigenvalue weighted by molar-refractivity contribution is 0.116. The van der Waals surface area contributed by atoms with Crippen molar-refractivity contribution in [3.05, 3.63) is 69.2 Å². The maximum Gasteiger partial charge on any atom is 0.0624 e. The first kappa shape index (κ1) is 16.3. The van der Waals surface area contributed by atoms with Crippen molar-refractivity contribution >= 4 is 23.2 Å². The number of rotatable bonds is 5. The molecule has 21 heavy (non-hydrogen) atoms. The highest BCUT2D eigenvalue weighted by molar-refractivity contribution is 6.42. The van der Waals surface area contributed by atoms with Gasteiger partial charge in [0, 0.05) is 5.41 Å². The maximum atomic E-state index is 9.94. The molecule has 0 heterocycles. The Morgan fingerprint density at radius 3 is 2.24 bits per heavy atom. The zero-order chi connectivity index (χ0) is 15.5. The van der Waals surface area contributed by atoms with Gasteiger partial charge in [-0.25, -0.2) is 0 Å². The van der Waals surface area contributed by atoms with E-state index in [1.165, 1.54) is 0 Å². The fourth-order valence-electron chi connectivity index (χ4n) is 2.64.